The number of nitrogens with zero attached hydrogens (tertiary/aromatic N) is 6. The lowest BCUT2D eigenvalue weighted by Crippen LogP contribution is -2.49. The van der Waals surface area contributed by atoms with E-state index in [0.29, 0.717) is 38.3 Å². The molecule has 12 nitrogen and oxygen atoms in total. The van der Waals surface area contributed by atoms with Crippen LogP contribution >= 0.6 is 11.6 Å². The van der Waals surface area contributed by atoms with Crippen LogP contribution in [0.25, 0.3) is 0 Å². The van der Waals surface area contributed by atoms with Crippen LogP contribution in [-0.4, -0.2) is 92.6 Å². The Morgan fingerprint density at radius 3 is 2.12 bits per heavy atom. The summed E-state index contributed by atoms with van der Waals surface area (Å²) in [6.07, 6.45) is -3.35. The van der Waals surface area contributed by atoms with E-state index in [9.17, 15) is 27.6 Å². The molecule has 1 aliphatic heterocycles. The van der Waals surface area contributed by atoms with Gasteiger partial charge in [0.05, 0.1) is 11.1 Å². The summed E-state index contributed by atoms with van der Waals surface area (Å²) in [6.45, 7) is 1.72. The molecule has 0 saturated carbocycles. The molecule has 3 N–H and O–H groups in total. The van der Waals surface area contributed by atoms with Gasteiger partial charge in [-0.05, 0) is 49.2 Å². The lowest BCUT2D eigenvalue weighted by molar-refractivity contribution is -0.138. The Morgan fingerprint density at radius 1 is 0.881 bits per heavy atom. The van der Waals surface area contributed by atoms with Gasteiger partial charge in [-0.2, -0.15) is 13.2 Å². The number of alkyl halides is 3. The van der Waals surface area contributed by atoms with Crippen molar-refractivity contribution in [3.63, 3.8) is 0 Å². The molecule has 0 atom stereocenters. The molecule has 0 radical (unpaired) electrons. The van der Waals surface area contributed by atoms with E-state index < -0.39 is 23.6 Å². The van der Waals surface area contributed by atoms with E-state index in [1.807, 2.05) is 4.90 Å². The van der Waals surface area contributed by atoms with Crippen LogP contribution in [-0.2, 0) is 6.18 Å². The van der Waals surface area contributed by atoms with Crippen LogP contribution in [0.3, 0.4) is 0 Å². The van der Waals surface area contributed by atoms with Gasteiger partial charge in [-0.3, -0.25) is 9.59 Å². The minimum absolute atomic E-state index is 0.0675. The molecule has 1 aromatic carbocycles. The third-order valence-electron chi connectivity index (χ3n) is 5.96. The number of hydrogen-bond acceptors (Lipinski definition) is 9. The third-order valence-corrected chi connectivity index (χ3v) is 6.16. The molecule has 16 heteroatoms. The number of amides is 2. The van der Waals surface area contributed by atoms with E-state index in [0.717, 1.165) is 6.07 Å². The Hall–Kier alpha value is -4.37. The summed E-state index contributed by atoms with van der Waals surface area (Å²) >= 11 is 5.35. The molecule has 2 aromatic heterocycles. The first-order chi connectivity index (χ1) is 20.0. The van der Waals surface area contributed by atoms with Crippen LogP contribution in [0.5, 0.6) is 0 Å². The Balaban J connectivity index is 0.000000408. The molecule has 1 aliphatic rings. The highest BCUT2D eigenvalue weighted by Gasteiger charge is 2.36. The first kappa shape index (κ1) is 32.1. The quantitative estimate of drug-likeness (QED) is 0.324. The van der Waals surface area contributed by atoms with Crippen LogP contribution in [0, 0.1) is 0 Å². The Morgan fingerprint density at radius 2 is 1.55 bits per heavy atom. The maximum Gasteiger partial charge on any atom is 0.417 e. The number of rotatable bonds is 8. The third kappa shape index (κ3) is 9.07. The summed E-state index contributed by atoms with van der Waals surface area (Å²) < 4.78 is 39.7. The van der Waals surface area contributed by atoms with Gasteiger partial charge in [0.2, 0.25) is 0 Å². The van der Waals surface area contributed by atoms with E-state index >= 15 is 0 Å². The van der Waals surface area contributed by atoms with E-state index in [4.69, 9.17) is 21.8 Å². The summed E-state index contributed by atoms with van der Waals surface area (Å²) in [7, 11) is 0. The van der Waals surface area contributed by atoms with E-state index in [1.54, 1.807) is 12.1 Å². The van der Waals surface area contributed by atoms with E-state index in [-0.39, 0.29) is 47.7 Å². The molecule has 1 saturated heterocycles. The molecular formula is C26H27ClF3N7O5. The van der Waals surface area contributed by atoms with Crippen LogP contribution in [0.2, 0.25) is 5.15 Å². The van der Waals surface area contributed by atoms with Crippen molar-refractivity contribution in [3.8, 4) is 0 Å². The molecule has 2 amide bonds. The molecule has 4 rings (SSSR count). The van der Waals surface area contributed by atoms with Gasteiger partial charge in [-0.25, -0.2) is 4.79 Å². The second kappa shape index (κ2) is 15.0. The number of halogens is 4. The summed E-state index contributed by atoms with van der Waals surface area (Å²) in [5, 5.41) is 34.6. The fraction of sp³-hybridized carbons (Fsp3) is 0.346. The monoisotopic (exact) mass is 609 g/mol. The highest BCUT2D eigenvalue weighted by atomic mass is 35.5. The van der Waals surface area contributed by atoms with Crippen molar-refractivity contribution in [2.45, 2.75) is 19.0 Å². The molecule has 1 fully saturated rings. The van der Waals surface area contributed by atoms with Gasteiger partial charge in [-0.1, -0.05) is 23.7 Å². The summed E-state index contributed by atoms with van der Waals surface area (Å²) in [5.41, 5.74) is -1.24. The fourth-order valence-corrected chi connectivity index (χ4v) is 3.90. The minimum atomic E-state index is -4.60. The minimum Gasteiger partial charge on any atom is -0.476 e. The van der Waals surface area contributed by atoms with Crippen molar-refractivity contribution in [1.29, 1.82) is 0 Å². The molecule has 3 heterocycles. The predicted molar refractivity (Wildman–Crippen MR) is 144 cm³/mol. The van der Waals surface area contributed by atoms with E-state index in [2.05, 4.69) is 25.7 Å². The molecule has 0 bridgehead atoms. The molecule has 0 unspecified atom stereocenters. The highest BCUT2D eigenvalue weighted by molar-refractivity contribution is 6.29. The zero-order valence-corrected chi connectivity index (χ0v) is 22.8. The van der Waals surface area contributed by atoms with Gasteiger partial charge in [0, 0.05) is 39.3 Å². The summed E-state index contributed by atoms with van der Waals surface area (Å²) in [5.74, 6) is -1.61. The topological polar surface area (TPSA) is 162 Å². The molecule has 42 heavy (non-hydrogen) atoms. The molecule has 224 valence electrons. The van der Waals surface area contributed by atoms with Crippen molar-refractivity contribution in [3.05, 3.63) is 76.2 Å². The molecule has 0 spiro atoms. The number of piperazine rings is 1. The van der Waals surface area contributed by atoms with Crippen molar-refractivity contribution in [2.24, 2.45) is 0 Å². The van der Waals surface area contributed by atoms with E-state index in [1.165, 1.54) is 35.2 Å². The van der Waals surface area contributed by atoms with Gasteiger partial charge in [0.15, 0.2) is 22.4 Å². The number of nitrogens with one attached hydrogen (secondary N) is 1. The number of carbonyl (C=O) groups excluding carboxylic acids is 2. The average molecular weight is 610 g/mol. The second-order valence-electron chi connectivity index (χ2n) is 8.83. The number of hydrogen-bond donors (Lipinski definition) is 3. The van der Waals surface area contributed by atoms with Gasteiger partial charge < -0.3 is 25.3 Å². The number of aromatic carboxylic acids is 1. The highest BCUT2D eigenvalue weighted by Crippen LogP contribution is 2.32. The number of aliphatic hydroxyl groups excluding tert-OH is 1. The lowest BCUT2D eigenvalue weighted by Gasteiger charge is -2.35. The average Bonchev–Trinajstić information content (AvgIpc) is 2.99. The van der Waals surface area contributed by atoms with Crippen LogP contribution < -0.4 is 10.2 Å². The van der Waals surface area contributed by atoms with Crippen LogP contribution in [0.4, 0.5) is 19.0 Å². The van der Waals surface area contributed by atoms with Gasteiger partial charge in [-0.15, -0.1) is 20.4 Å². The zero-order valence-electron chi connectivity index (χ0n) is 22.1. The summed E-state index contributed by atoms with van der Waals surface area (Å²) in [4.78, 5) is 38.1. The fourth-order valence-electron chi connectivity index (χ4n) is 3.80. The number of carbonyl (C=O) groups is 3. The smallest absolute Gasteiger partial charge is 0.417 e. The number of carboxylic acids is 1. The Labute approximate surface area is 243 Å². The standard InChI is InChI=1S/C21H24F3N5O3.C5H3ClN2O2/c22-21(23,24)16-6-2-1-5-15(16)20(32)29-12-10-28(11-13-29)18-8-7-17(26-27-18)19(31)25-9-3-4-14-30;6-4-2-1-3(5(9)10)7-8-4/h1-2,5-8,30H,3-4,9-14H2,(H,25,31);1-2H,(H,9,10). The maximum atomic E-state index is 13.2. The van der Waals surface area contributed by atoms with Crippen LogP contribution in [0.1, 0.15) is 49.7 Å². The SMILES string of the molecule is O=C(NCCCCO)c1ccc(N2CCN(C(=O)c3ccccc3C(F)(F)F)CC2)nn1.O=C(O)c1ccc(Cl)nn1. The first-order valence-corrected chi connectivity index (χ1v) is 13.0. The van der Waals surface area contributed by atoms with Gasteiger partial charge in [0.25, 0.3) is 11.8 Å². The first-order valence-electron chi connectivity index (χ1n) is 12.7. The number of aromatic nitrogens is 4. The van der Waals surface area contributed by atoms with Crippen LogP contribution in [0.15, 0.2) is 48.5 Å². The second-order valence-corrected chi connectivity index (χ2v) is 9.22. The Kier molecular flexibility index (Phi) is 11.5. The predicted octanol–water partition coefficient (Wildman–Crippen LogP) is 2.79. The number of unbranched alkanes of at least 4 members (excludes halogenated alkanes) is 1. The largest absolute Gasteiger partial charge is 0.476 e. The van der Waals surface area contributed by atoms with Crippen molar-refractivity contribution >= 4 is 35.2 Å². The number of benzene rings is 1. The molecule has 3 aromatic rings. The number of anilines is 1. The summed E-state index contributed by atoms with van der Waals surface area (Å²) in [6, 6.07) is 10.6. The lowest BCUT2D eigenvalue weighted by atomic mass is 10.1. The molecular weight excluding hydrogens is 583 g/mol. The number of aliphatic hydroxyl groups is 1. The van der Waals surface area contributed by atoms with Crippen molar-refractivity contribution in [2.75, 3.05) is 44.2 Å². The molecule has 0 aliphatic carbocycles. The Bertz CT molecular complexity index is 1350. The maximum absolute atomic E-state index is 13.2. The van der Waals surface area contributed by atoms with Crippen molar-refractivity contribution in [1.82, 2.24) is 30.6 Å². The van der Waals surface area contributed by atoms with Crippen molar-refractivity contribution < 1.29 is 37.8 Å². The number of carboxylic acid groups (broad SMARTS) is 1. The van der Waals surface area contributed by atoms with Gasteiger partial charge >= 0.3 is 12.1 Å². The zero-order chi connectivity index (χ0) is 30.7. The van der Waals surface area contributed by atoms with Gasteiger partial charge in [0.1, 0.15) is 0 Å². The normalized spacial score (nSPS) is 13.2.